The van der Waals surface area contributed by atoms with Crippen molar-refractivity contribution in [1.29, 1.82) is 0 Å². The highest BCUT2D eigenvalue weighted by molar-refractivity contribution is 7.88. The van der Waals surface area contributed by atoms with Gasteiger partial charge < -0.3 is 5.32 Å². The monoisotopic (exact) mass is 310 g/mol. The van der Waals surface area contributed by atoms with Crippen molar-refractivity contribution in [2.75, 3.05) is 26.2 Å². The molecule has 1 aromatic carbocycles. The first-order valence-electron chi connectivity index (χ1n) is 7.84. The molecule has 1 saturated heterocycles. The van der Waals surface area contributed by atoms with Gasteiger partial charge in [0.05, 0.1) is 5.75 Å². The van der Waals surface area contributed by atoms with E-state index in [1.807, 2.05) is 30.3 Å². The van der Waals surface area contributed by atoms with E-state index in [4.69, 9.17) is 0 Å². The molecule has 5 heteroatoms. The second kappa shape index (κ2) is 7.92. The Kier molecular flexibility index (Phi) is 6.21. The van der Waals surface area contributed by atoms with Gasteiger partial charge in [-0.2, -0.15) is 0 Å². The zero-order valence-electron chi connectivity index (χ0n) is 12.8. The van der Waals surface area contributed by atoms with Crippen LogP contribution in [0, 0.1) is 5.92 Å². The predicted molar refractivity (Wildman–Crippen MR) is 86.5 cm³/mol. The molecule has 2 rings (SSSR count). The Morgan fingerprint density at radius 2 is 2.05 bits per heavy atom. The zero-order chi connectivity index (χ0) is 15.1. The summed E-state index contributed by atoms with van der Waals surface area (Å²) in [6, 6.07) is 9.44. The van der Waals surface area contributed by atoms with Gasteiger partial charge in [-0.1, -0.05) is 37.3 Å². The number of sulfonamides is 1. The lowest BCUT2D eigenvalue weighted by molar-refractivity contribution is 0.260. The fourth-order valence-electron chi connectivity index (χ4n) is 2.81. The Balaban J connectivity index is 1.93. The topological polar surface area (TPSA) is 49.4 Å². The molecule has 1 aliphatic rings. The summed E-state index contributed by atoms with van der Waals surface area (Å²) in [5.74, 6) is 0.555. The van der Waals surface area contributed by atoms with Gasteiger partial charge in [-0.25, -0.2) is 12.7 Å². The number of piperidine rings is 1. The SMILES string of the molecule is CCCNCC1CCCN(S(=O)(=O)Cc2ccccc2)C1. The van der Waals surface area contributed by atoms with Crippen LogP contribution in [0.2, 0.25) is 0 Å². The van der Waals surface area contributed by atoms with Gasteiger partial charge in [-0.05, 0) is 43.8 Å². The lowest BCUT2D eigenvalue weighted by Crippen LogP contribution is -2.43. The van der Waals surface area contributed by atoms with Crippen LogP contribution in [-0.2, 0) is 15.8 Å². The van der Waals surface area contributed by atoms with Crippen LogP contribution in [0.25, 0.3) is 0 Å². The van der Waals surface area contributed by atoms with Crippen LogP contribution >= 0.6 is 0 Å². The third-order valence-electron chi connectivity index (χ3n) is 3.93. The molecular formula is C16H26N2O2S. The Hall–Kier alpha value is -0.910. The van der Waals surface area contributed by atoms with E-state index in [0.29, 0.717) is 19.0 Å². The van der Waals surface area contributed by atoms with Crippen LogP contribution < -0.4 is 5.32 Å². The van der Waals surface area contributed by atoms with E-state index in [1.165, 1.54) is 0 Å². The smallest absolute Gasteiger partial charge is 0.218 e. The second-order valence-electron chi connectivity index (χ2n) is 5.81. The van der Waals surface area contributed by atoms with Crippen molar-refractivity contribution in [1.82, 2.24) is 9.62 Å². The Morgan fingerprint density at radius 1 is 1.29 bits per heavy atom. The Morgan fingerprint density at radius 3 is 2.76 bits per heavy atom. The van der Waals surface area contributed by atoms with Crippen molar-refractivity contribution in [2.24, 2.45) is 5.92 Å². The molecule has 118 valence electrons. The number of nitrogens with zero attached hydrogens (tertiary/aromatic N) is 1. The van der Waals surface area contributed by atoms with Gasteiger partial charge >= 0.3 is 0 Å². The largest absolute Gasteiger partial charge is 0.316 e. The summed E-state index contributed by atoms with van der Waals surface area (Å²) < 4.78 is 26.8. The number of rotatable bonds is 7. The maximum absolute atomic E-state index is 12.5. The number of benzene rings is 1. The highest BCUT2D eigenvalue weighted by Crippen LogP contribution is 2.21. The van der Waals surface area contributed by atoms with Gasteiger partial charge in [0, 0.05) is 13.1 Å². The minimum Gasteiger partial charge on any atom is -0.316 e. The maximum atomic E-state index is 12.5. The number of hydrogen-bond acceptors (Lipinski definition) is 3. The first-order chi connectivity index (χ1) is 10.1. The molecule has 0 saturated carbocycles. The third-order valence-corrected chi connectivity index (χ3v) is 5.74. The molecule has 1 fully saturated rings. The fraction of sp³-hybridized carbons (Fsp3) is 0.625. The average molecular weight is 310 g/mol. The van der Waals surface area contributed by atoms with E-state index in [9.17, 15) is 8.42 Å². The number of nitrogens with one attached hydrogen (secondary N) is 1. The Labute approximate surface area is 128 Å². The second-order valence-corrected chi connectivity index (χ2v) is 7.78. The van der Waals surface area contributed by atoms with E-state index in [-0.39, 0.29) is 5.75 Å². The molecule has 0 aliphatic carbocycles. The average Bonchev–Trinajstić information content (AvgIpc) is 2.48. The van der Waals surface area contributed by atoms with Crippen LogP contribution in [0.4, 0.5) is 0 Å². The highest BCUT2D eigenvalue weighted by atomic mass is 32.2. The summed E-state index contributed by atoms with van der Waals surface area (Å²) in [4.78, 5) is 0. The molecule has 0 amide bonds. The summed E-state index contributed by atoms with van der Waals surface area (Å²) in [7, 11) is -3.19. The standard InChI is InChI=1S/C16H26N2O2S/c1-2-10-17-12-16-9-6-11-18(13-16)21(19,20)14-15-7-4-3-5-8-15/h3-5,7-8,16-17H,2,6,9-14H2,1H3. The van der Waals surface area contributed by atoms with Crippen LogP contribution in [0.1, 0.15) is 31.7 Å². The quantitative estimate of drug-likeness (QED) is 0.786. The van der Waals surface area contributed by atoms with Crippen LogP contribution in [0.5, 0.6) is 0 Å². The zero-order valence-corrected chi connectivity index (χ0v) is 13.6. The van der Waals surface area contributed by atoms with E-state index in [0.717, 1.165) is 37.9 Å². The van der Waals surface area contributed by atoms with Crippen molar-refractivity contribution < 1.29 is 8.42 Å². The van der Waals surface area contributed by atoms with Crippen molar-refractivity contribution in [3.05, 3.63) is 35.9 Å². The van der Waals surface area contributed by atoms with Crippen LogP contribution in [0.3, 0.4) is 0 Å². The van der Waals surface area contributed by atoms with Crippen LogP contribution in [-0.4, -0.2) is 38.9 Å². The first kappa shape index (κ1) is 16.5. The predicted octanol–water partition coefficient (Wildman–Crippen LogP) is 2.23. The van der Waals surface area contributed by atoms with Crippen molar-refractivity contribution in [3.63, 3.8) is 0 Å². The summed E-state index contributed by atoms with van der Waals surface area (Å²) in [5.41, 5.74) is 0.865. The lowest BCUT2D eigenvalue weighted by Gasteiger charge is -2.32. The molecule has 21 heavy (non-hydrogen) atoms. The molecule has 1 unspecified atom stereocenters. The normalized spacial score (nSPS) is 20.5. The summed E-state index contributed by atoms with van der Waals surface area (Å²) in [6.07, 6.45) is 3.20. The van der Waals surface area contributed by atoms with Gasteiger partial charge in [0.25, 0.3) is 0 Å². The van der Waals surface area contributed by atoms with Gasteiger partial charge in [0.1, 0.15) is 0 Å². The summed E-state index contributed by atoms with van der Waals surface area (Å²) in [5, 5.41) is 3.40. The molecule has 1 aromatic rings. The molecule has 1 aliphatic heterocycles. The van der Waals surface area contributed by atoms with Gasteiger partial charge in [-0.15, -0.1) is 0 Å². The minimum absolute atomic E-state index is 0.114. The molecule has 4 nitrogen and oxygen atoms in total. The molecule has 1 atom stereocenters. The van der Waals surface area contributed by atoms with E-state index >= 15 is 0 Å². The minimum atomic E-state index is -3.19. The van der Waals surface area contributed by atoms with Crippen molar-refractivity contribution >= 4 is 10.0 Å². The molecule has 0 radical (unpaired) electrons. The Bertz CT molecular complexity index is 516. The summed E-state index contributed by atoms with van der Waals surface area (Å²) >= 11 is 0. The highest BCUT2D eigenvalue weighted by Gasteiger charge is 2.28. The first-order valence-corrected chi connectivity index (χ1v) is 9.45. The van der Waals surface area contributed by atoms with Crippen molar-refractivity contribution in [2.45, 2.75) is 31.9 Å². The van der Waals surface area contributed by atoms with Gasteiger partial charge in [0.2, 0.25) is 10.0 Å². The van der Waals surface area contributed by atoms with Gasteiger partial charge in [-0.3, -0.25) is 0 Å². The molecular weight excluding hydrogens is 284 g/mol. The molecule has 0 bridgehead atoms. The van der Waals surface area contributed by atoms with Gasteiger partial charge in [0.15, 0.2) is 0 Å². The lowest BCUT2D eigenvalue weighted by atomic mass is 10.00. The van der Waals surface area contributed by atoms with E-state index in [1.54, 1.807) is 4.31 Å². The number of hydrogen-bond donors (Lipinski definition) is 1. The van der Waals surface area contributed by atoms with E-state index in [2.05, 4.69) is 12.2 Å². The maximum Gasteiger partial charge on any atom is 0.218 e. The molecule has 0 spiro atoms. The fourth-order valence-corrected chi connectivity index (χ4v) is 4.45. The third kappa shape index (κ3) is 5.09. The molecule has 1 heterocycles. The van der Waals surface area contributed by atoms with E-state index < -0.39 is 10.0 Å². The molecule has 1 N–H and O–H groups in total. The van der Waals surface area contributed by atoms with Crippen LogP contribution in [0.15, 0.2) is 30.3 Å². The summed E-state index contributed by atoms with van der Waals surface area (Å²) in [6.45, 7) is 5.40. The molecule has 0 aromatic heterocycles. The van der Waals surface area contributed by atoms with Crippen molar-refractivity contribution in [3.8, 4) is 0 Å².